The van der Waals surface area contributed by atoms with E-state index >= 15 is 0 Å². The van der Waals surface area contributed by atoms with Crippen molar-refractivity contribution in [1.82, 2.24) is 0 Å². The first kappa shape index (κ1) is 20.5. The standard InChI is InChI=1S/C26H26O4/c1-26(2,21-14-7-4-8-15-21)30-29-25-23-16-10-9-13-20(23)17-22(28-25)18-24(27)19-11-5-3-6-12-19/h3-16,22,25H,17-18H2,1-2H3/t22-,25-/m0/s1. The molecule has 1 aliphatic rings. The second kappa shape index (κ2) is 8.92. The summed E-state index contributed by atoms with van der Waals surface area (Å²) in [7, 11) is 0. The SMILES string of the molecule is CC(C)(OO[C@@H]1O[C@H](CC(=O)c2ccccc2)Cc2ccccc21)c1ccccc1. The fourth-order valence-corrected chi connectivity index (χ4v) is 3.69. The Balaban J connectivity index is 1.48. The van der Waals surface area contributed by atoms with Crippen LogP contribution in [0.5, 0.6) is 0 Å². The molecule has 1 aliphatic heterocycles. The summed E-state index contributed by atoms with van der Waals surface area (Å²) in [5, 5.41) is 0. The van der Waals surface area contributed by atoms with Crippen molar-refractivity contribution in [3.05, 3.63) is 107 Å². The van der Waals surface area contributed by atoms with Gasteiger partial charge in [0.15, 0.2) is 5.78 Å². The predicted octanol–water partition coefficient (Wildman–Crippen LogP) is 5.78. The number of rotatable bonds is 7. The Morgan fingerprint density at radius 1 is 0.933 bits per heavy atom. The van der Waals surface area contributed by atoms with E-state index < -0.39 is 11.9 Å². The molecule has 0 fully saturated rings. The summed E-state index contributed by atoms with van der Waals surface area (Å²) < 4.78 is 6.17. The quantitative estimate of drug-likeness (QED) is 0.285. The van der Waals surface area contributed by atoms with Crippen LogP contribution >= 0.6 is 0 Å². The molecular weight excluding hydrogens is 376 g/mol. The maximum absolute atomic E-state index is 12.7. The lowest BCUT2D eigenvalue weighted by Gasteiger charge is -2.33. The second-order valence-electron chi connectivity index (χ2n) is 8.04. The molecule has 0 saturated heterocycles. The van der Waals surface area contributed by atoms with E-state index in [1.165, 1.54) is 0 Å². The number of Topliss-reactive ketones (excluding diaryl/α,β-unsaturated/α-hetero) is 1. The van der Waals surface area contributed by atoms with Crippen molar-refractivity contribution in [2.75, 3.05) is 0 Å². The van der Waals surface area contributed by atoms with Gasteiger partial charge in [-0.3, -0.25) is 4.79 Å². The van der Waals surface area contributed by atoms with E-state index in [9.17, 15) is 4.79 Å². The third-order valence-electron chi connectivity index (χ3n) is 5.39. The van der Waals surface area contributed by atoms with Crippen LogP contribution < -0.4 is 0 Å². The number of ketones is 1. The van der Waals surface area contributed by atoms with Crippen LogP contribution in [0.25, 0.3) is 0 Å². The van der Waals surface area contributed by atoms with E-state index in [1.54, 1.807) is 0 Å². The second-order valence-corrected chi connectivity index (χ2v) is 8.04. The summed E-state index contributed by atoms with van der Waals surface area (Å²) in [5.41, 5.74) is 3.10. The maximum Gasteiger partial charge on any atom is 0.218 e. The molecule has 0 aromatic heterocycles. The van der Waals surface area contributed by atoms with Crippen molar-refractivity contribution < 1.29 is 19.3 Å². The minimum atomic E-state index is -0.688. The average molecular weight is 402 g/mol. The molecule has 3 aromatic carbocycles. The monoisotopic (exact) mass is 402 g/mol. The summed E-state index contributed by atoms with van der Waals surface area (Å²) in [6.07, 6.45) is -0.00990. The Morgan fingerprint density at radius 3 is 2.30 bits per heavy atom. The molecule has 0 saturated carbocycles. The van der Waals surface area contributed by atoms with E-state index in [2.05, 4.69) is 6.07 Å². The Hall–Kier alpha value is -2.79. The van der Waals surface area contributed by atoms with Crippen LogP contribution in [-0.4, -0.2) is 11.9 Å². The van der Waals surface area contributed by atoms with Gasteiger partial charge in [0.2, 0.25) is 6.29 Å². The van der Waals surface area contributed by atoms with Crippen LogP contribution in [0.4, 0.5) is 0 Å². The van der Waals surface area contributed by atoms with Gasteiger partial charge in [-0.05, 0) is 31.4 Å². The number of benzene rings is 3. The molecule has 154 valence electrons. The fraction of sp³-hybridized carbons (Fsp3) is 0.269. The lowest BCUT2D eigenvalue weighted by molar-refractivity contribution is -0.434. The number of carbonyl (C=O) groups excluding carboxylic acids is 1. The van der Waals surface area contributed by atoms with Gasteiger partial charge >= 0.3 is 0 Å². The van der Waals surface area contributed by atoms with E-state index in [0.717, 1.165) is 16.7 Å². The third kappa shape index (κ3) is 4.68. The Kier molecular flexibility index (Phi) is 6.09. The highest BCUT2D eigenvalue weighted by molar-refractivity contribution is 5.96. The molecule has 4 heteroatoms. The van der Waals surface area contributed by atoms with Crippen molar-refractivity contribution in [1.29, 1.82) is 0 Å². The van der Waals surface area contributed by atoms with E-state index in [1.807, 2.05) is 92.7 Å². The van der Waals surface area contributed by atoms with Crippen molar-refractivity contribution in [3.8, 4) is 0 Å². The molecule has 0 bridgehead atoms. The molecule has 1 heterocycles. The normalized spacial score (nSPS) is 18.6. The van der Waals surface area contributed by atoms with Gasteiger partial charge < -0.3 is 4.74 Å². The van der Waals surface area contributed by atoms with Crippen LogP contribution in [-0.2, 0) is 26.5 Å². The first-order valence-electron chi connectivity index (χ1n) is 10.2. The topological polar surface area (TPSA) is 44.8 Å². The molecule has 0 aliphatic carbocycles. The van der Waals surface area contributed by atoms with Gasteiger partial charge in [0, 0.05) is 17.5 Å². The number of carbonyl (C=O) groups is 1. The first-order valence-corrected chi connectivity index (χ1v) is 10.2. The van der Waals surface area contributed by atoms with Gasteiger partial charge in [-0.15, -0.1) is 0 Å². The Labute approximate surface area is 177 Å². The molecule has 3 aromatic rings. The molecule has 0 unspecified atom stereocenters. The van der Waals surface area contributed by atoms with Crippen LogP contribution in [0.1, 0.15) is 53.6 Å². The van der Waals surface area contributed by atoms with E-state index in [-0.39, 0.29) is 11.9 Å². The van der Waals surface area contributed by atoms with Crippen LogP contribution in [0, 0.1) is 0 Å². The highest BCUT2D eigenvalue weighted by Crippen LogP contribution is 2.35. The van der Waals surface area contributed by atoms with Crippen molar-refractivity contribution in [2.45, 2.75) is 44.7 Å². The number of hydrogen-bond acceptors (Lipinski definition) is 4. The first-order chi connectivity index (χ1) is 14.5. The molecule has 0 amide bonds. The molecule has 2 atom stereocenters. The van der Waals surface area contributed by atoms with Gasteiger partial charge in [-0.1, -0.05) is 84.9 Å². The van der Waals surface area contributed by atoms with Crippen LogP contribution in [0.3, 0.4) is 0 Å². The van der Waals surface area contributed by atoms with E-state index in [4.69, 9.17) is 14.5 Å². The minimum absolute atomic E-state index is 0.0595. The summed E-state index contributed by atoms with van der Waals surface area (Å²) >= 11 is 0. The van der Waals surface area contributed by atoms with Gasteiger partial charge in [0.25, 0.3) is 0 Å². The summed E-state index contributed by atoms with van der Waals surface area (Å²) in [4.78, 5) is 24.3. The lowest BCUT2D eigenvalue weighted by atomic mass is 9.94. The zero-order valence-electron chi connectivity index (χ0n) is 17.3. The molecule has 0 spiro atoms. The molecule has 4 nitrogen and oxygen atoms in total. The minimum Gasteiger partial charge on any atom is -0.342 e. The van der Waals surface area contributed by atoms with Crippen molar-refractivity contribution >= 4 is 5.78 Å². The molecular formula is C26H26O4. The van der Waals surface area contributed by atoms with Gasteiger partial charge in [0.05, 0.1) is 6.10 Å². The summed E-state index contributed by atoms with van der Waals surface area (Å²) in [6, 6.07) is 27.2. The molecule has 4 rings (SSSR count). The number of fused-ring (bicyclic) bond motifs is 1. The lowest BCUT2D eigenvalue weighted by Crippen LogP contribution is -2.31. The largest absolute Gasteiger partial charge is 0.342 e. The zero-order chi connectivity index (χ0) is 21.0. The van der Waals surface area contributed by atoms with E-state index in [0.29, 0.717) is 18.4 Å². The molecule has 30 heavy (non-hydrogen) atoms. The average Bonchev–Trinajstić information content (AvgIpc) is 2.78. The zero-order valence-corrected chi connectivity index (χ0v) is 17.3. The maximum atomic E-state index is 12.7. The highest BCUT2D eigenvalue weighted by atomic mass is 17.2. The van der Waals surface area contributed by atoms with Crippen LogP contribution in [0.2, 0.25) is 0 Å². The summed E-state index contributed by atoms with van der Waals surface area (Å²) in [6.45, 7) is 3.90. The van der Waals surface area contributed by atoms with Crippen molar-refractivity contribution in [3.63, 3.8) is 0 Å². The number of hydrogen-bond donors (Lipinski definition) is 0. The van der Waals surface area contributed by atoms with Crippen molar-refractivity contribution in [2.24, 2.45) is 0 Å². The summed E-state index contributed by atoms with van der Waals surface area (Å²) in [5.74, 6) is 0.0595. The van der Waals surface area contributed by atoms with Crippen LogP contribution in [0.15, 0.2) is 84.9 Å². The van der Waals surface area contributed by atoms with Gasteiger partial charge in [-0.25, -0.2) is 4.89 Å². The fourth-order valence-electron chi connectivity index (χ4n) is 3.69. The Morgan fingerprint density at radius 2 is 1.57 bits per heavy atom. The van der Waals surface area contributed by atoms with Gasteiger partial charge in [0.1, 0.15) is 5.60 Å². The number of ether oxygens (including phenoxy) is 1. The Bertz CT molecular complexity index is 982. The predicted molar refractivity (Wildman–Crippen MR) is 115 cm³/mol. The highest BCUT2D eigenvalue weighted by Gasteiger charge is 2.32. The molecule has 0 radical (unpaired) electrons. The van der Waals surface area contributed by atoms with Gasteiger partial charge in [-0.2, -0.15) is 4.89 Å². The third-order valence-corrected chi connectivity index (χ3v) is 5.39. The smallest absolute Gasteiger partial charge is 0.218 e. The molecule has 0 N–H and O–H groups in total.